The summed E-state index contributed by atoms with van der Waals surface area (Å²) in [7, 11) is 2.26. The Morgan fingerprint density at radius 3 is 2.29 bits per heavy atom. The zero-order valence-corrected chi connectivity index (χ0v) is 15.7. The maximum atomic E-state index is 9.55. The molecule has 2 fully saturated rings. The van der Waals surface area contributed by atoms with E-state index < -0.39 is 11.9 Å². The summed E-state index contributed by atoms with van der Waals surface area (Å²) in [5.41, 5.74) is 0. The fourth-order valence-corrected chi connectivity index (χ4v) is 3.94. The predicted octanol–water partition coefficient (Wildman–Crippen LogP) is 2.95. The largest absolute Gasteiger partial charge is 0.478 e. The highest BCUT2D eigenvalue weighted by molar-refractivity contribution is 5.89. The molecule has 2 aliphatic heterocycles. The van der Waals surface area contributed by atoms with Crippen LogP contribution >= 0.6 is 0 Å². The highest BCUT2D eigenvalue weighted by Crippen LogP contribution is 2.36. The van der Waals surface area contributed by atoms with Crippen LogP contribution in [0.4, 0.5) is 0 Å². The lowest BCUT2D eigenvalue weighted by Crippen LogP contribution is -2.43. The molecule has 2 aromatic rings. The van der Waals surface area contributed by atoms with Gasteiger partial charge >= 0.3 is 11.9 Å². The van der Waals surface area contributed by atoms with E-state index in [0.717, 1.165) is 24.1 Å². The molecular formula is C21H24N2O5. The van der Waals surface area contributed by atoms with E-state index in [-0.39, 0.29) is 0 Å². The first-order chi connectivity index (χ1) is 13.4. The number of hydrogen-bond donors (Lipinski definition) is 2. The average molecular weight is 384 g/mol. The third-order valence-corrected chi connectivity index (χ3v) is 5.34. The number of ether oxygens (including phenoxy) is 1. The van der Waals surface area contributed by atoms with Gasteiger partial charge in [-0.15, -0.1) is 0 Å². The molecule has 7 nitrogen and oxygen atoms in total. The van der Waals surface area contributed by atoms with Crippen LogP contribution in [0, 0.1) is 0 Å². The first-order valence-corrected chi connectivity index (χ1v) is 9.30. The van der Waals surface area contributed by atoms with Crippen LogP contribution < -0.4 is 4.74 Å². The van der Waals surface area contributed by atoms with Crippen molar-refractivity contribution in [1.82, 2.24) is 9.88 Å². The molecule has 1 aromatic heterocycles. The summed E-state index contributed by atoms with van der Waals surface area (Å²) in [4.78, 5) is 26.1. The van der Waals surface area contributed by atoms with E-state index in [2.05, 4.69) is 41.2 Å². The van der Waals surface area contributed by atoms with Crippen molar-refractivity contribution in [3.63, 3.8) is 0 Å². The van der Waals surface area contributed by atoms with Crippen molar-refractivity contribution in [1.29, 1.82) is 0 Å². The number of aromatic nitrogens is 1. The highest BCUT2D eigenvalue weighted by atomic mass is 16.5. The zero-order chi connectivity index (χ0) is 20.1. The van der Waals surface area contributed by atoms with E-state index in [1.165, 1.54) is 18.2 Å². The number of nitrogens with zero attached hydrogens (tertiary/aromatic N) is 2. The van der Waals surface area contributed by atoms with Gasteiger partial charge in [-0.05, 0) is 50.2 Å². The summed E-state index contributed by atoms with van der Waals surface area (Å²) in [6.45, 7) is 0. The maximum absolute atomic E-state index is 9.55. The third-order valence-electron chi connectivity index (χ3n) is 5.34. The standard InChI is InChI=1S/C17H20N2O.C4H4O4/c1-19-13-6-7-14(19)11-15(10-13)20-17-16-5-3-2-4-12(16)8-9-18-17;5-3(6)1-2-4(7)8/h2-5,8-9,13-15H,6-7,10-11H2,1H3;1-2H,(H,5,6)(H,7,8)/b;2-1+. The quantitative estimate of drug-likeness (QED) is 0.782. The van der Waals surface area contributed by atoms with Crippen LogP contribution in [-0.2, 0) is 9.59 Å². The van der Waals surface area contributed by atoms with Crippen LogP contribution in [0.25, 0.3) is 10.8 Å². The number of hydrogen-bond acceptors (Lipinski definition) is 5. The molecule has 28 heavy (non-hydrogen) atoms. The Kier molecular flexibility index (Phi) is 6.26. The SMILES string of the molecule is CN1C2CCC1CC(Oc1nccc3ccccc13)C2.O=C(O)/C=C/C(=O)O. The number of pyridine rings is 1. The van der Waals surface area contributed by atoms with Gasteiger partial charge in [0.15, 0.2) is 0 Å². The Bertz CT molecular complexity index is 847. The summed E-state index contributed by atoms with van der Waals surface area (Å²) >= 11 is 0. The number of benzene rings is 1. The van der Waals surface area contributed by atoms with Crippen molar-refractivity contribution < 1.29 is 24.5 Å². The number of carboxylic acids is 2. The van der Waals surface area contributed by atoms with Crippen molar-refractivity contribution in [2.45, 2.75) is 43.9 Å². The molecule has 2 unspecified atom stereocenters. The second-order valence-electron chi connectivity index (χ2n) is 7.11. The molecule has 2 aliphatic rings. The molecule has 148 valence electrons. The van der Waals surface area contributed by atoms with Gasteiger partial charge in [0, 0.05) is 35.8 Å². The molecule has 2 saturated heterocycles. The summed E-state index contributed by atoms with van der Waals surface area (Å²) in [5.74, 6) is -1.71. The van der Waals surface area contributed by atoms with Crippen LogP contribution in [0.3, 0.4) is 0 Å². The normalized spacial score (nSPS) is 24.0. The number of fused-ring (bicyclic) bond motifs is 3. The second-order valence-corrected chi connectivity index (χ2v) is 7.11. The smallest absolute Gasteiger partial charge is 0.328 e. The summed E-state index contributed by atoms with van der Waals surface area (Å²) < 4.78 is 6.26. The zero-order valence-electron chi connectivity index (χ0n) is 15.7. The number of carboxylic acid groups (broad SMARTS) is 2. The molecule has 2 N–H and O–H groups in total. The van der Waals surface area contributed by atoms with Crippen LogP contribution in [0.1, 0.15) is 25.7 Å². The van der Waals surface area contributed by atoms with E-state index in [1.54, 1.807) is 0 Å². The Morgan fingerprint density at radius 2 is 1.68 bits per heavy atom. The van der Waals surface area contributed by atoms with Crippen molar-refractivity contribution in [2.75, 3.05) is 7.05 Å². The topological polar surface area (TPSA) is 100.0 Å². The molecule has 0 radical (unpaired) electrons. The minimum Gasteiger partial charge on any atom is -0.478 e. The van der Waals surface area contributed by atoms with Gasteiger partial charge in [-0.25, -0.2) is 14.6 Å². The lowest BCUT2D eigenvalue weighted by Gasteiger charge is -2.36. The predicted molar refractivity (Wildman–Crippen MR) is 104 cm³/mol. The molecule has 0 spiro atoms. The number of carbonyl (C=O) groups is 2. The van der Waals surface area contributed by atoms with Gasteiger partial charge in [-0.3, -0.25) is 0 Å². The Hall–Kier alpha value is -2.93. The van der Waals surface area contributed by atoms with E-state index in [9.17, 15) is 9.59 Å². The molecule has 7 heteroatoms. The van der Waals surface area contributed by atoms with E-state index in [0.29, 0.717) is 30.3 Å². The number of aliphatic carboxylic acids is 2. The summed E-state index contributed by atoms with van der Waals surface area (Å²) in [6.07, 6.45) is 8.21. The van der Waals surface area contributed by atoms with Gasteiger partial charge in [0.1, 0.15) is 6.10 Å². The van der Waals surface area contributed by atoms with Crippen LogP contribution in [0.2, 0.25) is 0 Å². The van der Waals surface area contributed by atoms with E-state index in [4.69, 9.17) is 14.9 Å². The minimum absolute atomic E-state index is 0.321. The molecule has 0 saturated carbocycles. The van der Waals surface area contributed by atoms with Crippen LogP contribution in [0.15, 0.2) is 48.7 Å². The van der Waals surface area contributed by atoms with Crippen LogP contribution in [0.5, 0.6) is 5.88 Å². The monoisotopic (exact) mass is 384 g/mol. The number of rotatable bonds is 4. The minimum atomic E-state index is -1.26. The Morgan fingerprint density at radius 1 is 1.07 bits per heavy atom. The lowest BCUT2D eigenvalue weighted by atomic mass is 10.0. The average Bonchev–Trinajstić information content (AvgIpc) is 2.88. The number of piperidine rings is 1. The molecule has 3 heterocycles. The first-order valence-electron chi connectivity index (χ1n) is 9.30. The summed E-state index contributed by atoms with van der Waals surface area (Å²) in [6, 6.07) is 11.8. The van der Waals surface area contributed by atoms with Crippen molar-refractivity contribution in [3.05, 3.63) is 48.7 Å². The molecule has 2 bridgehead atoms. The molecule has 1 aromatic carbocycles. The molecule has 2 atom stereocenters. The fraction of sp³-hybridized carbons (Fsp3) is 0.381. The van der Waals surface area contributed by atoms with Crippen molar-refractivity contribution >= 4 is 22.7 Å². The van der Waals surface area contributed by atoms with Gasteiger partial charge < -0.3 is 19.8 Å². The van der Waals surface area contributed by atoms with Gasteiger partial charge in [0.2, 0.25) is 5.88 Å². The van der Waals surface area contributed by atoms with Crippen LogP contribution in [-0.4, -0.2) is 57.3 Å². The van der Waals surface area contributed by atoms with Gasteiger partial charge in [0.05, 0.1) is 0 Å². The summed E-state index contributed by atoms with van der Waals surface area (Å²) in [5, 5.41) is 18.0. The van der Waals surface area contributed by atoms with Gasteiger partial charge in [0.25, 0.3) is 0 Å². The first kappa shape index (κ1) is 19.8. The van der Waals surface area contributed by atoms with Gasteiger partial charge in [-0.2, -0.15) is 0 Å². The van der Waals surface area contributed by atoms with Crippen molar-refractivity contribution in [3.8, 4) is 5.88 Å². The fourth-order valence-electron chi connectivity index (χ4n) is 3.94. The van der Waals surface area contributed by atoms with E-state index in [1.807, 2.05) is 12.3 Å². The maximum Gasteiger partial charge on any atom is 0.328 e. The molecule has 4 rings (SSSR count). The second kappa shape index (κ2) is 8.84. The molecule has 0 amide bonds. The van der Waals surface area contributed by atoms with E-state index >= 15 is 0 Å². The van der Waals surface area contributed by atoms with Gasteiger partial charge in [-0.1, -0.05) is 18.2 Å². The Labute approximate surface area is 163 Å². The molecular weight excluding hydrogens is 360 g/mol. The Balaban J connectivity index is 0.000000242. The van der Waals surface area contributed by atoms with Crippen molar-refractivity contribution in [2.24, 2.45) is 0 Å². The lowest BCUT2D eigenvalue weighted by molar-refractivity contribution is -0.134. The molecule has 0 aliphatic carbocycles. The third kappa shape index (κ3) is 4.86. The highest BCUT2D eigenvalue weighted by Gasteiger charge is 2.39.